The molecule has 1 aromatic carbocycles. The Morgan fingerprint density at radius 1 is 1.39 bits per heavy atom. The van der Waals surface area contributed by atoms with Crippen LogP contribution in [0, 0.1) is 0 Å². The number of carbonyl (C=O) groups excluding carboxylic acids is 1. The van der Waals surface area contributed by atoms with Crippen LogP contribution in [-0.4, -0.2) is 26.3 Å². The summed E-state index contributed by atoms with van der Waals surface area (Å²) in [6.45, 7) is 0. The van der Waals surface area contributed by atoms with Gasteiger partial charge in [0, 0.05) is 0 Å². The number of thioether (sulfide) groups is 2. The van der Waals surface area contributed by atoms with Crippen LogP contribution >= 0.6 is 23.5 Å². The summed E-state index contributed by atoms with van der Waals surface area (Å²) in [7, 11) is 0. The van der Waals surface area contributed by atoms with Crippen molar-refractivity contribution < 1.29 is 14.7 Å². The van der Waals surface area contributed by atoms with Crippen LogP contribution in [0.5, 0.6) is 0 Å². The summed E-state index contributed by atoms with van der Waals surface area (Å²) in [4.78, 5) is 26.2. The van der Waals surface area contributed by atoms with Gasteiger partial charge in [-0.15, -0.1) is 0 Å². The topological polar surface area (TPSA) is 66.7 Å². The molecular weight excluding hydrogens is 270 g/mol. The lowest BCUT2D eigenvalue weighted by molar-refractivity contribution is -0.133. The summed E-state index contributed by atoms with van der Waals surface area (Å²) in [6.07, 6.45) is 1.70. The lowest BCUT2D eigenvalue weighted by atomic mass is 10.2. The van der Waals surface area contributed by atoms with Crippen LogP contribution in [0.1, 0.15) is 5.56 Å². The molecule has 1 N–H and O–H groups in total. The zero-order chi connectivity index (χ0) is 13.0. The number of rotatable bonds is 3. The van der Waals surface area contributed by atoms with E-state index < -0.39 is 5.97 Å². The number of benzene rings is 1. The average Bonchev–Trinajstić information content (AvgIpc) is 2.69. The largest absolute Gasteiger partial charge is 0.481 e. The number of aliphatic carboxylic acids is 1. The van der Waals surface area contributed by atoms with Gasteiger partial charge in [-0.2, -0.15) is 0 Å². The zero-order valence-corrected chi connectivity index (χ0v) is 10.8. The van der Waals surface area contributed by atoms with Gasteiger partial charge in [0.15, 0.2) is 0 Å². The van der Waals surface area contributed by atoms with E-state index in [1.807, 2.05) is 30.3 Å². The first kappa shape index (κ1) is 12.9. The van der Waals surface area contributed by atoms with Crippen molar-refractivity contribution in [3.63, 3.8) is 0 Å². The summed E-state index contributed by atoms with van der Waals surface area (Å²) < 4.78 is 0.490. The summed E-state index contributed by atoms with van der Waals surface area (Å²) in [6, 6.07) is 9.40. The van der Waals surface area contributed by atoms with Crippen molar-refractivity contribution in [3.05, 3.63) is 41.6 Å². The lowest BCUT2D eigenvalue weighted by Crippen LogP contribution is -1.99. The number of nitrogens with zero attached hydrogens (tertiary/aromatic N) is 1. The van der Waals surface area contributed by atoms with E-state index in [1.165, 1.54) is 0 Å². The van der Waals surface area contributed by atoms with Gasteiger partial charge in [0.25, 0.3) is 0 Å². The van der Waals surface area contributed by atoms with E-state index in [2.05, 4.69) is 4.99 Å². The van der Waals surface area contributed by atoms with Crippen LogP contribution in [0.2, 0.25) is 0 Å². The Bertz CT molecular complexity index is 538. The van der Waals surface area contributed by atoms with Crippen LogP contribution in [0.25, 0.3) is 6.08 Å². The number of hydrogen-bond acceptors (Lipinski definition) is 5. The van der Waals surface area contributed by atoms with Gasteiger partial charge in [0.05, 0.1) is 5.75 Å². The lowest BCUT2D eigenvalue weighted by Gasteiger charge is -1.92. The smallest absolute Gasteiger partial charge is 0.313 e. The molecule has 1 aliphatic heterocycles. The molecule has 0 atom stereocenters. The van der Waals surface area contributed by atoms with Crippen molar-refractivity contribution >= 4 is 45.1 Å². The first-order valence-electron chi connectivity index (χ1n) is 5.07. The standard InChI is InChI=1S/C12H9NO3S2/c14-10(15)7-17-12-13-9(11(16)18-12)6-8-4-2-1-3-5-8/h1-6H,7H2,(H,14,15)/b9-6+. The van der Waals surface area contributed by atoms with Crippen molar-refractivity contribution in [1.29, 1.82) is 0 Å². The Labute approximate surface area is 112 Å². The minimum Gasteiger partial charge on any atom is -0.481 e. The highest BCUT2D eigenvalue weighted by atomic mass is 32.2. The predicted octanol–water partition coefficient (Wildman–Crippen LogP) is 2.47. The number of aliphatic imine (C=N–C) groups is 1. The van der Waals surface area contributed by atoms with Crippen molar-refractivity contribution in [1.82, 2.24) is 0 Å². The second-order valence-electron chi connectivity index (χ2n) is 3.39. The predicted molar refractivity (Wildman–Crippen MR) is 74.5 cm³/mol. The Morgan fingerprint density at radius 2 is 2.11 bits per heavy atom. The number of carboxylic acids is 1. The molecule has 0 aromatic heterocycles. The summed E-state index contributed by atoms with van der Waals surface area (Å²) in [5.41, 5.74) is 1.26. The van der Waals surface area contributed by atoms with Gasteiger partial charge in [-0.05, 0) is 23.4 Å². The van der Waals surface area contributed by atoms with Crippen molar-refractivity contribution in [3.8, 4) is 0 Å². The molecule has 0 saturated heterocycles. The van der Waals surface area contributed by atoms with E-state index in [1.54, 1.807) is 6.08 Å². The van der Waals surface area contributed by atoms with Gasteiger partial charge in [-0.1, -0.05) is 42.1 Å². The molecule has 2 rings (SSSR count). The minimum atomic E-state index is -0.920. The molecule has 1 aliphatic rings. The van der Waals surface area contributed by atoms with Gasteiger partial charge in [-0.25, -0.2) is 4.99 Å². The fraction of sp³-hybridized carbons (Fsp3) is 0.0833. The summed E-state index contributed by atoms with van der Waals surface area (Å²) >= 11 is 2.04. The molecule has 0 bridgehead atoms. The number of carboxylic acid groups (broad SMARTS) is 1. The molecule has 1 heterocycles. The molecule has 0 radical (unpaired) electrons. The molecule has 0 unspecified atom stereocenters. The number of hydrogen-bond donors (Lipinski definition) is 1. The first-order valence-corrected chi connectivity index (χ1v) is 6.87. The highest BCUT2D eigenvalue weighted by molar-refractivity contribution is 8.45. The second kappa shape index (κ2) is 5.88. The Hall–Kier alpha value is -1.53. The van der Waals surface area contributed by atoms with Gasteiger partial charge < -0.3 is 5.11 Å². The van der Waals surface area contributed by atoms with Crippen LogP contribution in [0.4, 0.5) is 0 Å². The maximum atomic E-state index is 11.7. The second-order valence-corrected chi connectivity index (χ2v) is 5.57. The highest BCUT2D eigenvalue weighted by Crippen LogP contribution is 2.30. The Morgan fingerprint density at radius 3 is 2.78 bits per heavy atom. The van der Waals surface area contributed by atoms with Crippen LogP contribution in [-0.2, 0) is 9.59 Å². The molecule has 0 saturated carbocycles. The van der Waals surface area contributed by atoms with Crippen molar-refractivity contribution in [2.45, 2.75) is 0 Å². The quantitative estimate of drug-likeness (QED) is 0.861. The molecule has 0 fully saturated rings. The maximum Gasteiger partial charge on any atom is 0.313 e. The normalized spacial score (nSPS) is 17.0. The molecular formula is C12H9NO3S2. The minimum absolute atomic E-state index is 0.0856. The van der Waals surface area contributed by atoms with Crippen LogP contribution in [0.15, 0.2) is 41.0 Å². The van der Waals surface area contributed by atoms with Crippen molar-refractivity contribution in [2.24, 2.45) is 4.99 Å². The monoisotopic (exact) mass is 279 g/mol. The Balaban J connectivity index is 2.12. The van der Waals surface area contributed by atoms with E-state index in [0.717, 1.165) is 29.1 Å². The van der Waals surface area contributed by atoms with Crippen molar-refractivity contribution in [2.75, 3.05) is 5.75 Å². The molecule has 18 heavy (non-hydrogen) atoms. The van der Waals surface area contributed by atoms with Gasteiger partial charge in [-0.3, -0.25) is 9.59 Å². The van der Waals surface area contributed by atoms with Gasteiger partial charge in [0.2, 0.25) is 5.12 Å². The molecule has 1 aromatic rings. The van der Waals surface area contributed by atoms with E-state index >= 15 is 0 Å². The SMILES string of the molecule is O=C(O)CSC1=N/C(=C/c2ccccc2)C(=O)S1. The molecule has 0 spiro atoms. The van der Waals surface area contributed by atoms with Gasteiger partial charge in [0.1, 0.15) is 10.1 Å². The van der Waals surface area contributed by atoms with Crippen LogP contribution < -0.4 is 0 Å². The number of carbonyl (C=O) groups is 2. The maximum absolute atomic E-state index is 11.7. The van der Waals surface area contributed by atoms with Crippen LogP contribution in [0.3, 0.4) is 0 Å². The molecule has 0 amide bonds. The molecule has 0 aliphatic carbocycles. The zero-order valence-electron chi connectivity index (χ0n) is 9.20. The van der Waals surface area contributed by atoms with E-state index in [-0.39, 0.29) is 10.9 Å². The van der Waals surface area contributed by atoms with E-state index in [9.17, 15) is 9.59 Å². The molecule has 4 nitrogen and oxygen atoms in total. The molecule has 6 heteroatoms. The Kier molecular flexibility index (Phi) is 4.22. The third kappa shape index (κ3) is 3.48. The van der Waals surface area contributed by atoms with E-state index in [0.29, 0.717) is 10.1 Å². The highest BCUT2D eigenvalue weighted by Gasteiger charge is 2.22. The van der Waals surface area contributed by atoms with E-state index in [4.69, 9.17) is 5.11 Å². The third-order valence-corrected chi connectivity index (χ3v) is 4.02. The van der Waals surface area contributed by atoms with Gasteiger partial charge >= 0.3 is 5.97 Å². The summed E-state index contributed by atoms with van der Waals surface area (Å²) in [5, 5.41) is 8.41. The molecule has 92 valence electrons. The fourth-order valence-electron chi connectivity index (χ4n) is 1.28. The third-order valence-electron chi connectivity index (χ3n) is 2.02. The summed E-state index contributed by atoms with van der Waals surface area (Å²) in [5.74, 6) is -1.01. The average molecular weight is 279 g/mol. The first-order chi connectivity index (χ1) is 8.65. The fourth-order valence-corrected chi connectivity index (χ4v) is 2.84.